The SMILES string of the molecule is C#CC(O)C1CC1.COc1ccc(CN2C3CC2CN(c2ccc(-c4cc(Br)cn5ncc(C#N)c45)cn2)C3)cn1.COc1ccc(CN2C3CC2CN(c2ccc(-c4cc(C#CC(O)C5CC5)cn5ncc(C#N)c45)cn2)C3)cn1. The molecule has 0 aromatic carbocycles. The lowest BCUT2D eigenvalue weighted by atomic mass is 9.87. The van der Waals surface area contributed by atoms with Crippen molar-refractivity contribution in [2.24, 2.45) is 11.8 Å². The second-order valence-corrected chi connectivity index (χ2v) is 22.5. The van der Waals surface area contributed by atoms with E-state index >= 15 is 0 Å². The highest BCUT2D eigenvalue weighted by Gasteiger charge is 2.46. The van der Waals surface area contributed by atoms with Gasteiger partial charge in [-0.25, -0.2) is 29.0 Å². The fraction of sp³-hybridized carbons (Fsp3) is 0.355. The zero-order chi connectivity index (χ0) is 55.7. The van der Waals surface area contributed by atoms with Crippen molar-refractivity contribution >= 4 is 38.6 Å². The van der Waals surface area contributed by atoms with Gasteiger partial charge in [0.15, 0.2) is 0 Å². The Hall–Kier alpha value is -8.40. The molecule has 8 aromatic rings. The molecule has 19 heteroatoms. The molecule has 408 valence electrons. The molecule has 81 heavy (non-hydrogen) atoms. The molecule has 0 spiro atoms. The van der Waals surface area contributed by atoms with Gasteiger partial charge in [0.2, 0.25) is 11.8 Å². The highest BCUT2D eigenvalue weighted by molar-refractivity contribution is 9.10. The predicted octanol–water partition coefficient (Wildman–Crippen LogP) is 7.54. The van der Waals surface area contributed by atoms with Crippen LogP contribution in [0, 0.1) is 58.7 Å². The topological polar surface area (TPSA) is 206 Å². The van der Waals surface area contributed by atoms with E-state index in [-0.39, 0.29) is 5.92 Å². The summed E-state index contributed by atoms with van der Waals surface area (Å²) in [4.78, 5) is 28.2. The summed E-state index contributed by atoms with van der Waals surface area (Å²) in [7, 11) is 3.27. The number of ether oxygens (including phenoxy) is 2. The van der Waals surface area contributed by atoms with Crippen LogP contribution >= 0.6 is 15.9 Å². The van der Waals surface area contributed by atoms with Crippen LogP contribution in [0.1, 0.15) is 66.3 Å². The molecule has 18 nitrogen and oxygen atoms in total. The van der Waals surface area contributed by atoms with Crippen molar-refractivity contribution in [2.75, 3.05) is 50.2 Å². The summed E-state index contributed by atoms with van der Waals surface area (Å²) in [6, 6.07) is 26.8. The number of aliphatic hydroxyl groups is 2. The highest BCUT2D eigenvalue weighted by atomic mass is 79.9. The van der Waals surface area contributed by atoms with Crippen LogP contribution in [0.15, 0.2) is 115 Å². The Kier molecular flexibility index (Phi) is 15.1. The van der Waals surface area contributed by atoms with Crippen molar-refractivity contribution in [1.29, 1.82) is 10.5 Å². The molecular weight excluding hydrogens is 1080 g/mol. The molecule has 2 N–H and O–H groups in total. The van der Waals surface area contributed by atoms with Gasteiger partial charge < -0.3 is 29.5 Å². The van der Waals surface area contributed by atoms with Crippen molar-refractivity contribution in [1.82, 2.24) is 49.0 Å². The van der Waals surface area contributed by atoms with Gasteiger partial charge in [-0.05, 0) is 114 Å². The molecule has 0 radical (unpaired) electrons. The number of nitriles is 2. The van der Waals surface area contributed by atoms with Gasteiger partial charge in [-0.2, -0.15) is 20.7 Å². The van der Waals surface area contributed by atoms with E-state index in [1.54, 1.807) is 35.6 Å². The minimum Gasteiger partial charge on any atom is -0.481 e. The number of rotatable bonds is 12. The third-order valence-electron chi connectivity index (χ3n) is 16.3. The number of hydrogen-bond acceptors (Lipinski definition) is 16. The fourth-order valence-electron chi connectivity index (χ4n) is 11.5. The van der Waals surface area contributed by atoms with E-state index in [2.05, 4.69) is 122 Å². The predicted molar refractivity (Wildman–Crippen MR) is 309 cm³/mol. The molecule has 16 rings (SSSR count). The number of anilines is 2. The standard InChI is InChI=1S/C31H29N7O2.C25H22BrN7O.C6H8O/c1-40-30-9-3-21(13-34-30)16-37-25-11-26(37)19-36(18-25)29-8-6-23(14-33-29)27-10-20(2-7-28(39)22-4-5-22)17-38-31(27)24(12-32)15-35-38;1-34-24-5-2-16(9-29-24)12-32-20-7-21(32)15-31(14-20)23-4-3-17(10-28-23)22-6-19(26)13-33-25(22)18(8-27)11-30-33;1-2-6(7)5-3-4-5/h3,6,8-10,13-15,17,22,25-26,28,39H,4-5,11,16,18-19H2,1H3;2-6,9-11,13,20-21H,7,12,14-15H2,1H3;1,5-7H,3-4H2. The van der Waals surface area contributed by atoms with E-state index in [1.807, 2.05) is 61.4 Å². The number of nitrogens with zero attached hydrogens (tertiary/aromatic N) is 14. The summed E-state index contributed by atoms with van der Waals surface area (Å²) in [5.41, 5.74) is 9.36. The normalized spacial score (nSPS) is 20.5. The summed E-state index contributed by atoms with van der Waals surface area (Å²) in [5.74, 6) is 12.3. The first-order valence-corrected chi connectivity index (χ1v) is 28.1. The molecule has 6 atom stereocenters. The van der Waals surface area contributed by atoms with Crippen molar-refractivity contribution < 1.29 is 19.7 Å². The number of aliphatic hydroxyl groups excluding tert-OH is 2. The molecule has 8 aliphatic rings. The van der Waals surface area contributed by atoms with Crippen LogP contribution in [-0.4, -0.2) is 136 Å². The molecule has 6 unspecified atom stereocenters. The average molecular weight is 1140 g/mol. The van der Waals surface area contributed by atoms with Crippen LogP contribution in [0.4, 0.5) is 11.6 Å². The summed E-state index contributed by atoms with van der Waals surface area (Å²) in [5, 5.41) is 46.9. The second-order valence-electron chi connectivity index (χ2n) is 21.6. The number of fused-ring (bicyclic) bond motifs is 6. The Labute approximate surface area is 478 Å². The van der Waals surface area contributed by atoms with Crippen LogP contribution in [-0.2, 0) is 13.1 Å². The highest BCUT2D eigenvalue weighted by Crippen LogP contribution is 2.39. The van der Waals surface area contributed by atoms with Gasteiger partial charge in [-0.3, -0.25) is 9.80 Å². The molecule has 6 aliphatic heterocycles. The van der Waals surface area contributed by atoms with Crippen LogP contribution < -0.4 is 19.3 Å². The zero-order valence-electron chi connectivity index (χ0n) is 44.9. The Bertz CT molecular complexity index is 3750. The Morgan fingerprint density at radius 1 is 0.617 bits per heavy atom. The van der Waals surface area contributed by atoms with Crippen molar-refractivity contribution in [2.45, 2.75) is 88.0 Å². The maximum atomic E-state index is 10.2. The molecule has 2 saturated carbocycles. The molecule has 6 saturated heterocycles. The summed E-state index contributed by atoms with van der Waals surface area (Å²) in [6.45, 7) is 5.62. The molecule has 8 fully saturated rings. The lowest BCUT2D eigenvalue weighted by molar-refractivity contribution is -0.00879. The van der Waals surface area contributed by atoms with Gasteiger partial charge >= 0.3 is 0 Å². The smallest absolute Gasteiger partial charge is 0.212 e. The van der Waals surface area contributed by atoms with Gasteiger partial charge in [-0.1, -0.05) is 29.9 Å². The molecule has 14 heterocycles. The third kappa shape index (κ3) is 11.4. The van der Waals surface area contributed by atoms with Gasteiger partial charge in [0.05, 0.1) is 48.8 Å². The van der Waals surface area contributed by atoms with Gasteiger partial charge in [-0.15, -0.1) is 6.42 Å². The fourth-order valence-corrected chi connectivity index (χ4v) is 11.9. The number of halogens is 1. The van der Waals surface area contributed by atoms with E-state index in [4.69, 9.17) is 31.0 Å². The maximum absolute atomic E-state index is 10.2. The monoisotopic (exact) mass is 1140 g/mol. The van der Waals surface area contributed by atoms with E-state index in [0.29, 0.717) is 53.0 Å². The average Bonchev–Trinajstić information content (AvgIpc) is 4.57. The molecule has 2 aliphatic carbocycles. The largest absolute Gasteiger partial charge is 0.481 e. The van der Waals surface area contributed by atoms with Gasteiger partial charge in [0.25, 0.3) is 0 Å². The number of terminal acetylenes is 1. The van der Waals surface area contributed by atoms with E-state index in [1.165, 1.54) is 24.0 Å². The first kappa shape index (κ1) is 53.3. The van der Waals surface area contributed by atoms with Crippen LogP contribution in [0.5, 0.6) is 11.8 Å². The second kappa shape index (κ2) is 23.0. The quantitative estimate of drug-likeness (QED) is 0.113. The first-order chi connectivity index (χ1) is 39.6. The Balaban J connectivity index is 0.000000145. The first-order valence-electron chi connectivity index (χ1n) is 27.3. The number of aromatic nitrogens is 8. The van der Waals surface area contributed by atoms with Crippen LogP contribution in [0.3, 0.4) is 0 Å². The third-order valence-corrected chi connectivity index (χ3v) is 16.7. The van der Waals surface area contributed by atoms with Crippen molar-refractivity contribution in [3.05, 3.63) is 143 Å². The van der Waals surface area contributed by atoms with E-state index in [0.717, 1.165) is 120 Å². The van der Waals surface area contributed by atoms with E-state index < -0.39 is 12.2 Å². The van der Waals surface area contributed by atoms with Crippen LogP contribution in [0.25, 0.3) is 33.3 Å². The van der Waals surface area contributed by atoms with Gasteiger partial charge in [0.1, 0.15) is 36.0 Å². The summed E-state index contributed by atoms with van der Waals surface area (Å²) >= 11 is 3.55. The number of methoxy groups -OCH3 is 2. The molecule has 0 amide bonds. The minimum atomic E-state index is -0.605. The van der Waals surface area contributed by atoms with Crippen molar-refractivity contribution in [3.8, 4) is 70.3 Å². The number of pyridine rings is 6. The lowest BCUT2D eigenvalue weighted by Crippen LogP contribution is -2.68. The number of hydrogen-bond donors (Lipinski definition) is 2. The molecular formula is C62H59BrN14O4. The Morgan fingerprint density at radius 2 is 1.10 bits per heavy atom. The zero-order valence-corrected chi connectivity index (χ0v) is 46.5. The maximum Gasteiger partial charge on any atom is 0.212 e. The molecule has 8 aromatic heterocycles. The summed E-state index contributed by atoms with van der Waals surface area (Å²) in [6.07, 6.45) is 25.0. The lowest BCUT2D eigenvalue weighted by Gasteiger charge is -2.56. The molecule has 4 bridgehead atoms. The minimum absolute atomic E-state index is 0.287. The van der Waals surface area contributed by atoms with Crippen molar-refractivity contribution in [3.63, 3.8) is 0 Å². The van der Waals surface area contributed by atoms with E-state index in [9.17, 15) is 15.6 Å². The van der Waals surface area contributed by atoms with Crippen LogP contribution in [0.2, 0.25) is 0 Å². The number of piperazine rings is 2. The number of piperidine rings is 2. The van der Waals surface area contributed by atoms with Gasteiger partial charge in [0, 0.05) is 145 Å². The summed E-state index contributed by atoms with van der Waals surface area (Å²) < 4.78 is 14.7. The Morgan fingerprint density at radius 3 is 1.51 bits per heavy atom.